The summed E-state index contributed by atoms with van der Waals surface area (Å²) in [6, 6.07) is 0. The van der Waals surface area contributed by atoms with Crippen LogP contribution in [0.5, 0.6) is 0 Å². The topological polar surface area (TPSA) is 49.7 Å². The lowest BCUT2D eigenvalue weighted by Crippen LogP contribution is -2.60. The van der Waals surface area contributed by atoms with Crippen molar-refractivity contribution in [2.24, 2.45) is 40.4 Å². The number of ether oxygens (including phenoxy) is 1. The molecule has 0 aromatic rings. The lowest BCUT2D eigenvalue weighted by Gasteiger charge is -2.63. The van der Waals surface area contributed by atoms with Crippen LogP contribution in [0.1, 0.15) is 99.8 Å². The molecule has 4 aliphatic rings. The quantitative estimate of drug-likeness (QED) is 0.414. The monoisotopic (exact) mass is 420 g/mol. The second-order valence-electron chi connectivity index (χ2n) is 11.8. The van der Waals surface area contributed by atoms with Gasteiger partial charge in [0, 0.05) is 0 Å². The highest BCUT2D eigenvalue weighted by atomic mass is 16.6. The molecule has 0 radical (unpaired) electrons. The van der Waals surface area contributed by atoms with Crippen LogP contribution in [-0.2, 0) is 4.74 Å². The van der Waals surface area contributed by atoms with Crippen LogP contribution in [0.4, 0.5) is 0 Å². The fraction of sp³-hybridized carbons (Fsp3) is 0.926. The first-order valence-corrected chi connectivity index (χ1v) is 12.7. The van der Waals surface area contributed by atoms with Gasteiger partial charge in [-0.1, -0.05) is 39.8 Å². The Balaban J connectivity index is 0.00000124. The second-order valence-corrected chi connectivity index (χ2v) is 11.8. The van der Waals surface area contributed by atoms with Gasteiger partial charge in [0.2, 0.25) is 0 Å². The van der Waals surface area contributed by atoms with Crippen molar-refractivity contribution < 1.29 is 14.9 Å². The van der Waals surface area contributed by atoms with Gasteiger partial charge in [0.1, 0.15) is 0 Å². The van der Waals surface area contributed by atoms with Gasteiger partial charge in [0.05, 0.1) is 12.2 Å². The van der Waals surface area contributed by atoms with Gasteiger partial charge >= 0.3 is 0 Å². The second kappa shape index (κ2) is 8.52. The van der Waals surface area contributed by atoms with Crippen molar-refractivity contribution in [3.63, 3.8) is 0 Å². The molecule has 2 N–H and O–H groups in total. The van der Waals surface area contributed by atoms with E-state index in [2.05, 4.69) is 27.4 Å². The van der Waals surface area contributed by atoms with E-state index in [1.54, 1.807) is 13.8 Å². The summed E-state index contributed by atoms with van der Waals surface area (Å²) in [6.45, 7) is 19.1. The molecule has 4 saturated carbocycles. The van der Waals surface area contributed by atoms with Crippen LogP contribution in [0.25, 0.3) is 0 Å². The van der Waals surface area contributed by atoms with E-state index in [1.807, 2.05) is 13.8 Å². The van der Waals surface area contributed by atoms with Gasteiger partial charge in [-0.25, -0.2) is 0 Å². The SMILES string of the molecule is C=C(C)C1CCC2C3C(OC(C)(C)O)CC4CC(O)CCC4(C)C3CCC12C.CC. The van der Waals surface area contributed by atoms with Crippen molar-refractivity contribution in [3.8, 4) is 0 Å². The summed E-state index contributed by atoms with van der Waals surface area (Å²) >= 11 is 0. The molecule has 4 fully saturated rings. The van der Waals surface area contributed by atoms with Crippen LogP contribution >= 0.6 is 0 Å². The Morgan fingerprint density at radius 1 is 0.967 bits per heavy atom. The number of hydrogen-bond donors (Lipinski definition) is 2. The number of allylic oxidation sites excluding steroid dienone is 1. The van der Waals surface area contributed by atoms with E-state index in [0.29, 0.717) is 40.4 Å². The largest absolute Gasteiger partial charge is 0.393 e. The first-order chi connectivity index (χ1) is 14.0. The van der Waals surface area contributed by atoms with Gasteiger partial charge in [-0.3, -0.25) is 0 Å². The highest BCUT2D eigenvalue weighted by Crippen LogP contribution is 2.68. The van der Waals surface area contributed by atoms with Crippen LogP contribution in [0.15, 0.2) is 12.2 Å². The zero-order valence-corrected chi connectivity index (χ0v) is 20.7. The minimum Gasteiger partial charge on any atom is -0.393 e. The summed E-state index contributed by atoms with van der Waals surface area (Å²) in [5.74, 6) is 1.85. The maximum absolute atomic E-state index is 10.5. The number of fused-ring (bicyclic) bond motifs is 5. The third-order valence-electron chi connectivity index (χ3n) is 9.67. The average Bonchev–Trinajstić information content (AvgIpc) is 3.01. The van der Waals surface area contributed by atoms with Crippen molar-refractivity contribution in [2.75, 3.05) is 0 Å². The molecular weight excluding hydrogens is 372 g/mol. The molecule has 4 aliphatic carbocycles. The average molecular weight is 421 g/mol. The Morgan fingerprint density at radius 2 is 1.57 bits per heavy atom. The van der Waals surface area contributed by atoms with E-state index < -0.39 is 5.79 Å². The predicted octanol–water partition coefficient (Wildman–Crippen LogP) is 6.33. The number of aliphatic hydroxyl groups is 2. The highest BCUT2D eigenvalue weighted by Gasteiger charge is 2.63. The lowest BCUT2D eigenvalue weighted by molar-refractivity contribution is -0.265. The van der Waals surface area contributed by atoms with Gasteiger partial charge in [0.15, 0.2) is 5.79 Å². The molecule has 0 spiro atoms. The number of aliphatic hydroxyl groups excluding tert-OH is 1. The highest BCUT2D eigenvalue weighted by molar-refractivity contribution is 5.16. The normalized spacial score (nSPS) is 48.0. The molecule has 9 unspecified atom stereocenters. The van der Waals surface area contributed by atoms with E-state index in [9.17, 15) is 10.2 Å². The molecule has 0 aliphatic heterocycles. The van der Waals surface area contributed by atoms with Crippen LogP contribution < -0.4 is 0 Å². The molecule has 0 amide bonds. The lowest BCUT2D eigenvalue weighted by atomic mass is 9.44. The number of hydrogen-bond acceptors (Lipinski definition) is 3. The fourth-order valence-corrected chi connectivity index (χ4v) is 8.48. The first kappa shape index (κ1) is 24.3. The standard InChI is InChI=1S/C25H42O3.C2H6/c1-15(2)18-7-8-19-22-20(10-12-25(18,19)6)24(5)11-9-17(26)13-16(24)14-21(22)28-23(3,4)27;1-2/h16-22,26-27H,1,7-14H2,2-6H3;1-2H3. The summed E-state index contributed by atoms with van der Waals surface area (Å²) < 4.78 is 6.38. The molecule has 4 rings (SSSR count). The van der Waals surface area contributed by atoms with Gasteiger partial charge in [0.25, 0.3) is 0 Å². The summed E-state index contributed by atoms with van der Waals surface area (Å²) in [6.07, 6.45) is 8.99. The van der Waals surface area contributed by atoms with Gasteiger partial charge in [-0.05, 0) is 113 Å². The zero-order chi connectivity index (χ0) is 22.5. The van der Waals surface area contributed by atoms with Crippen LogP contribution in [0.3, 0.4) is 0 Å². The van der Waals surface area contributed by atoms with E-state index in [1.165, 1.54) is 31.3 Å². The molecule has 30 heavy (non-hydrogen) atoms. The molecule has 0 heterocycles. The molecule has 0 aromatic carbocycles. The van der Waals surface area contributed by atoms with Crippen molar-refractivity contribution in [1.29, 1.82) is 0 Å². The van der Waals surface area contributed by atoms with Crippen LogP contribution in [0.2, 0.25) is 0 Å². The fourth-order valence-electron chi connectivity index (χ4n) is 8.48. The van der Waals surface area contributed by atoms with Crippen LogP contribution in [-0.4, -0.2) is 28.2 Å². The third-order valence-corrected chi connectivity index (χ3v) is 9.67. The van der Waals surface area contributed by atoms with Gasteiger partial charge < -0.3 is 14.9 Å². The van der Waals surface area contributed by atoms with Crippen LogP contribution in [0, 0.1) is 40.4 Å². The van der Waals surface area contributed by atoms with E-state index >= 15 is 0 Å². The van der Waals surface area contributed by atoms with Crippen molar-refractivity contribution in [3.05, 3.63) is 12.2 Å². The molecule has 0 aromatic heterocycles. The van der Waals surface area contributed by atoms with E-state index in [4.69, 9.17) is 4.74 Å². The van der Waals surface area contributed by atoms with Crippen molar-refractivity contribution >= 4 is 0 Å². The van der Waals surface area contributed by atoms with Crippen molar-refractivity contribution in [1.82, 2.24) is 0 Å². The summed E-state index contributed by atoms with van der Waals surface area (Å²) in [5.41, 5.74) is 1.99. The molecule has 3 heteroatoms. The Kier molecular flexibility index (Phi) is 6.89. The molecule has 9 atom stereocenters. The zero-order valence-electron chi connectivity index (χ0n) is 20.7. The van der Waals surface area contributed by atoms with E-state index in [0.717, 1.165) is 25.7 Å². The Morgan fingerprint density at radius 3 is 2.17 bits per heavy atom. The first-order valence-electron chi connectivity index (χ1n) is 12.7. The molecule has 0 saturated heterocycles. The number of rotatable bonds is 3. The molecule has 174 valence electrons. The Bertz CT molecular complexity index is 622. The van der Waals surface area contributed by atoms with Crippen molar-refractivity contribution in [2.45, 2.75) is 118 Å². The Labute approximate surface area is 185 Å². The minimum atomic E-state index is -1.10. The minimum absolute atomic E-state index is 0.0990. The summed E-state index contributed by atoms with van der Waals surface area (Å²) in [7, 11) is 0. The molecule has 3 nitrogen and oxygen atoms in total. The molecule has 0 bridgehead atoms. The maximum atomic E-state index is 10.5. The van der Waals surface area contributed by atoms with Gasteiger partial charge in [-0.2, -0.15) is 0 Å². The van der Waals surface area contributed by atoms with Gasteiger partial charge in [-0.15, -0.1) is 0 Å². The van der Waals surface area contributed by atoms with E-state index in [-0.39, 0.29) is 12.2 Å². The smallest absolute Gasteiger partial charge is 0.160 e. The summed E-state index contributed by atoms with van der Waals surface area (Å²) in [5, 5.41) is 20.9. The molecular formula is C27H48O3. The Hall–Kier alpha value is -0.380. The predicted molar refractivity (Wildman–Crippen MR) is 124 cm³/mol. The third kappa shape index (κ3) is 4.04. The maximum Gasteiger partial charge on any atom is 0.160 e. The summed E-state index contributed by atoms with van der Waals surface area (Å²) in [4.78, 5) is 0.